The van der Waals surface area contributed by atoms with E-state index >= 15 is 0 Å². The van der Waals surface area contributed by atoms with E-state index < -0.39 is 0 Å². The molecule has 2 aliphatic rings. The summed E-state index contributed by atoms with van der Waals surface area (Å²) in [6.07, 6.45) is 7.26. The number of benzene rings is 1. The van der Waals surface area contributed by atoms with Crippen molar-refractivity contribution < 1.29 is 9.53 Å². The minimum Gasteiger partial charge on any atom is -0.378 e. The second kappa shape index (κ2) is 9.56. The van der Waals surface area contributed by atoms with Crippen LogP contribution >= 0.6 is 12.4 Å². The molecule has 0 aromatic heterocycles. The third kappa shape index (κ3) is 4.96. The Morgan fingerprint density at radius 1 is 1.20 bits per heavy atom. The van der Waals surface area contributed by atoms with Gasteiger partial charge in [0.1, 0.15) is 0 Å². The summed E-state index contributed by atoms with van der Waals surface area (Å²) in [6.45, 7) is 3.09. The Morgan fingerprint density at radius 3 is 2.44 bits per heavy atom. The predicted molar refractivity (Wildman–Crippen MR) is 103 cm³/mol. The lowest BCUT2D eigenvalue weighted by molar-refractivity contribution is -0.150. The van der Waals surface area contributed by atoms with Crippen LogP contribution in [0.5, 0.6) is 0 Å². The largest absolute Gasteiger partial charge is 0.378 e. The average Bonchev–Trinajstić information content (AvgIpc) is 2.59. The first-order chi connectivity index (χ1) is 11.7. The Hall–Kier alpha value is -1.10. The lowest BCUT2D eigenvalue weighted by atomic mass is 9.64. The Bertz CT molecular complexity index is 526. The van der Waals surface area contributed by atoms with Gasteiger partial charge in [0, 0.05) is 19.7 Å². The van der Waals surface area contributed by atoms with Gasteiger partial charge in [0.15, 0.2) is 0 Å². The van der Waals surface area contributed by atoms with Crippen molar-refractivity contribution in [2.75, 3.05) is 26.2 Å². The van der Waals surface area contributed by atoms with E-state index in [1.165, 1.54) is 12.0 Å². The Balaban J connectivity index is 0.00000225. The number of rotatable bonds is 7. The third-order valence-electron chi connectivity index (χ3n) is 5.58. The summed E-state index contributed by atoms with van der Waals surface area (Å²) >= 11 is 0. The highest BCUT2D eigenvalue weighted by Crippen LogP contribution is 2.45. The molecule has 25 heavy (non-hydrogen) atoms. The maximum absolute atomic E-state index is 13.1. The van der Waals surface area contributed by atoms with Crippen LogP contribution in [0.2, 0.25) is 0 Å². The van der Waals surface area contributed by atoms with Gasteiger partial charge in [-0.15, -0.1) is 12.4 Å². The van der Waals surface area contributed by atoms with Crippen molar-refractivity contribution in [2.45, 2.75) is 51.0 Å². The summed E-state index contributed by atoms with van der Waals surface area (Å²) < 4.78 is 5.86. The second-order valence-electron chi connectivity index (χ2n) is 7.30. The molecule has 0 radical (unpaired) electrons. The number of nitrogens with zero attached hydrogens (tertiary/aromatic N) is 1. The number of carbonyl (C=O) groups is 1. The molecule has 0 unspecified atom stereocenters. The third-order valence-corrected chi connectivity index (χ3v) is 5.58. The predicted octanol–water partition coefficient (Wildman–Crippen LogP) is 3.18. The summed E-state index contributed by atoms with van der Waals surface area (Å²) in [5.74, 6) is 0.373. The molecule has 1 aliphatic heterocycles. The molecular weight excluding hydrogens is 336 g/mol. The monoisotopic (exact) mass is 366 g/mol. The van der Waals surface area contributed by atoms with Crippen molar-refractivity contribution in [2.24, 2.45) is 11.1 Å². The number of nitrogens with two attached hydrogens (primary N) is 1. The number of ether oxygens (including phenoxy) is 1. The number of amides is 1. The summed E-state index contributed by atoms with van der Waals surface area (Å²) in [4.78, 5) is 15.2. The first-order valence-corrected chi connectivity index (χ1v) is 9.38. The van der Waals surface area contributed by atoms with Crippen molar-refractivity contribution in [3.05, 3.63) is 35.9 Å². The first-order valence-electron chi connectivity index (χ1n) is 9.38. The van der Waals surface area contributed by atoms with Crippen LogP contribution in [0.1, 0.15) is 44.1 Å². The van der Waals surface area contributed by atoms with E-state index in [1.807, 2.05) is 6.07 Å². The van der Waals surface area contributed by atoms with E-state index in [0.29, 0.717) is 18.6 Å². The molecule has 140 valence electrons. The molecule has 1 amide bonds. The minimum atomic E-state index is -0.144. The molecule has 3 rings (SSSR count). The fourth-order valence-electron chi connectivity index (χ4n) is 3.95. The van der Waals surface area contributed by atoms with Crippen LogP contribution in [0.15, 0.2) is 30.3 Å². The van der Waals surface area contributed by atoms with Crippen molar-refractivity contribution in [3.63, 3.8) is 0 Å². The summed E-state index contributed by atoms with van der Waals surface area (Å²) in [5.41, 5.74) is 6.64. The van der Waals surface area contributed by atoms with Crippen LogP contribution in [-0.2, 0) is 16.0 Å². The molecule has 1 aromatic carbocycles. The van der Waals surface area contributed by atoms with E-state index in [-0.39, 0.29) is 17.8 Å². The fraction of sp³-hybridized carbons (Fsp3) is 0.650. The molecule has 1 aromatic rings. The molecule has 1 heterocycles. The van der Waals surface area contributed by atoms with Gasteiger partial charge in [-0.1, -0.05) is 36.8 Å². The Labute approximate surface area is 157 Å². The highest BCUT2D eigenvalue weighted by Gasteiger charge is 2.46. The molecule has 2 fully saturated rings. The number of likely N-dealkylation sites (tertiary alicyclic amines) is 1. The van der Waals surface area contributed by atoms with Gasteiger partial charge in [0.25, 0.3) is 0 Å². The van der Waals surface area contributed by atoms with Crippen molar-refractivity contribution in [1.82, 2.24) is 4.90 Å². The van der Waals surface area contributed by atoms with Crippen molar-refractivity contribution in [1.29, 1.82) is 0 Å². The van der Waals surface area contributed by atoms with Crippen LogP contribution in [-0.4, -0.2) is 43.2 Å². The van der Waals surface area contributed by atoms with Crippen LogP contribution < -0.4 is 5.73 Å². The SMILES string of the molecule is Cl.NCCCOC1CCN(C(=O)C2(Cc3ccccc3)CCC2)CC1. The highest BCUT2D eigenvalue weighted by atomic mass is 35.5. The molecule has 5 heteroatoms. The molecule has 1 saturated heterocycles. The first kappa shape index (κ1) is 20.2. The van der Waals surface area contributed by atoms with Gasteiger partial charge >= 0.3 is 0 Å². The quantitative estimate of drug-likeness (QED) is 0.754. The van der Waals surface area contributed by atoms with Gasteiger partial charge in [-0.3, -0.25) is 4.79 Å². The van der Waals surface area contributed by atoms with Crippen molar-refractivity contribution >= 4 is 18.3 Å². The van der Waals surface area contributed by atoms with Gasteiger partial charge in [0.05, 0.1) is 11.5 Å². The Morgan fingerprint density at radius 2 is 1.88 bits per heavy atom. The molecular formula is C20H31ClN2O2. The number of carbonyl (C=O) groups excluding carboxylic acids is 1. The van der Waals surface area contributed by atoms with E-state index in [9.17, 15) is 4.79 Å². The van der Waals surface area contributed by atoms with Gasteiger partial charge in [-0.25, -0.2) is 0 Å². The average molecular weight is 367 g/mol. The zero-order chi connectivity index (χ0) is 16.8. The fourth-order valence-corrected chi connectivity index (χ4v) is 3.95. The van der Waals surface area contributed by atoms with Crippen LogP contribution in [0.3, 0.4) is 0 Å². The maximum Gasteiger partial charge on any atom is 0.229 e. The molecule has 1 saturated carbocycles. The zero-order valence-electron chi connectivity index (χ0n) is 15.0. The van der Waals surface area contributed by atoms with E-state index in [4.69, 9.17) is 10.5 Å². The van der Waals surface area contributed by atoms with E-state index in [2.05, 4.69) is 29.2 Å². The lowest BCUT2D eigenvalue weighted by Gasteiger charge is -2.45. The molecule has 2 N–H and O–H groups in total. The summed E-state index contributed by atoms with van der Waals surface area (Å²) in [6, 6.07) is 10.5. The Kier molecular flexibility index (Phi) is 7.73. The van der Waals surface area contributed by atoms with Gasteiger partial charge in [0.2, 0.25) is 5.91 Å². The normalized spacial score (nSPS) is 19.8. The highest BCUT2D eigenvalue weighted by molar-refractivity contribution is 5.85. The minimum absolute atomic E-state index is 0. The number of halogens is 1. The molecule has 0 bridgehead atoms. The van der Waals surface area contributed by atoms with E-state index in [0.717, 1.165) is 58.2 Å². The van der Waals surface area contributed by atoms with Gasteiger partial charge in [-0.2, -0.15) is 0 Å². The molecule has 0 atom stereocenters. The zero-order valence-corrected chi connectivity index (χ0v) is 15.8. The lowest BCUT2D eigenvalue weighted by Crippen LogP contribution is -2.52. The van der Waals surface area contributed by atoms with Gasteiger partial charge in [-0.05, 0) is 50.6 Å². The topological polar surface area (TPSA) is 55.6 Å². The smallest absolute Gasteiger partial charge is 0.229 e. The summed E-state index contributed by atoms with van der Waals surface area (Å²) in [5, 5.41) is 0. The van der Waals surface area contributed by atoms with Crippen LogP contribution in [0.4, 0.5) is 0 Å². The standard InChI is InChI=1S/C20H30N2O2.ClH/c21-12-5-15-24-18-8-13-22(14-9-18)19(23)20(10-4-11-20)16-17-6-2-1-3-7-17;/h1-3,6-7,18H,4-5,8-16,21H2;1H. The summed E-state index contributed by atoms with van der Waals surface area (Å²) in [7, 11) is 0. The molecule has 0 spiro atoms. The van der Waals surface area contributed by atoms with Crippen LogP contribution in [0.25, 0.3) is 0 Å². The number of hydrogen-bond acceptors (Lipinski definition) is 3. The van der Waals surface area contributed by atoms with Crippen molar-refractivity contribution in [3.8, 4) is 0 Å². The number of hydrogen-bond donors (Lipinski definition) is 1. The maximum atomic E-state index is 13.1. The second-order valence-corrected chi connectivity index (χ2v) is 7.30. The molecule has 1 aliphatic carbocycles. The van der Waals surface area contributed by atoms with E-state index in [1.54, 1.807) is 0 Å². The van der Waals surface area contributed by atoms with Gasteiger partial charge < -0.3 is 15.4 Å². The number of piperidine rings is 1. The van der Waals surface area contributed by atoms with Crippen LogP contribution in [0, 0.1) is 5.41 Å². The molecule has 4 nitrogen and oxygen atoms in total.